The number of nitrogens with one attached hydrogen (secondary N) is 1. The molecule has 0 amide bonds. The van der Waals surface area contributed by atoms with E-state index in [1.54, 1.807) is 0 Å². The van der Waals surface area contributed by atoms with Gasteiger partial charge in [-0.05, 0) is 37.5 Å². The maximum absolute atomic E-state index is 4.52. The molecule has 1 unspecified atom stereocenters. The molecule has 112 valence electrons. The maximum atomic E-state index is 4.52. The Hall–Kier alpha value is -1.29. The SMILES string of the molecule is CC(Nc1nccn1C1CCCCC1)c1cccc(Br)c1. The summed E-state index contributed by atoms with van der Waals surface area (Å²) in [6.45, 7) is 2.18. The van der Waals surface area contributed by atoms with Gasteiger partial charge in [0.1, 0.15) is 0 Å². The minimum absolute atomic E-state index is 0.243. The first-order valence-corrected chi connectivity index (χ1v) is 8.58. The molecule has 3 nitrogen and oxygen atoms in total. The molecule has 3 rings (SSSR count). The van der Waals surface area contributed by atoms with Crippen molar-refractivity contribution in [3.05, 3.63) is 46.7 Å². The number of imidazole rings is 1. The molecule has 4 heteroatoms. The fourth-order valence-electron chi connectivity index (χ4n) is 3.13. The van der Waals surface area contributed by atoms with Crippen LogP contribution in [0.3, 0.4) is 0 Å². The first-order chi connectivity index (χ1) is 10.2. The predicted octanol–water partition coefficient (Wildman–Crippen LogP) is 5.32. The molecular formula is C17H22BrN3. The van der Waals surface area contributed by atoms with Gasteiger partial charge in [0.05, 0.1) is 6.04 Å². The Bertz CT molecular complexity index is 587. The van der Waals surface area contributed by atoms with Crippen molar-refractivity contribution >= 4 is 21.9 Å². The molecule has 1 aliphatic carbocycles. The predicted molar refractivity (Wildman–Crippen MR) is 90.5 cm³/mol. The molecule has 1 heterocycles. The molecule has 2 aromatic rings. The molecule has 0 aliphatic heterocycles. The lowest BCUT2D eigenvalue weighted by Gasteiger charge is -2.26. The van der Waals surface area contributed by atoms with Gasteiger partial charge in [-0.3, -0.25) is 0 Å². The van der Waals surface area contributed by atoms with Crippen molar-refractivity contribution in [2.45, 2.75) is 51.1 Å². The Morgan fingerprint density at radius 1 is 1.29 bits per heavy atom. The van der Waals surface area contributed by atoms with Crippen LogP contribution in [0.5, 0.6) is 0 Å². The number of nitrogens with zero attached hydrogens (tertiary/aromatic N) is 2. The Balaban J connectivity index is 1.74. The Morgan fingerprint density at radius 3 is 2.86 bits per heavy atom. The highest BCUT2D eigenvalue weighted by Crippen LogP contribution is 2.31. The second kappa shape index (κ2) is 6.65. The summed E-state index contributed by atoms with van der Waals surface area (Å²) in [7, 11) is 0. The van der Waals surface area contributed by atoms with E-state index in [0.717, 1.165) is 10.4 Å². The van der Waals surface area contributed by atoms with E-state index >= 15 is 0 Å². The normalized spacial score (nSPS) is 17.6. The van der Waals surface area contributed by atoms with E-state index < -0.39 is 0 Å². The molecule has 1 aliphatic rings. The van der Waals surface area contributed by atoms with Crippen LogP contribution in [0, 0.1) is 0 Å². The first kappa shape index (κ1) is 14.6. The van der Waals surface area contributed by atoms with Crippen LogP contribution in [-0.4, -0.2) is 9.55 Å². The lowest BCUT2D eigenvalue weighted by Crippen LogP contribution is -2.17. The molecule has 0 bridgehead atoms. The van der Waals surface area contributed by atoms with Crippen molar-refractivity contribution in [2.75, 3.05) is 5.32 Å². The molecule has 1 atom stereocenters. The quantitative estimate of drug-likeness (QED) is 0.810. The fourth-order valence-corrected chi connectivity index (χ4v) is 3.55. The first-order valence-electron chi connectivity index (χ1n) is 7.79. The zero-order valence-electron chi connectivity index (χ0n) is 12.4. The largest absolute Gasteiger partial charge is 0.349 e. The van der Waals surface area contributed by atoms with Gasteiger partial charge in [-0.25, -0.2) is 4.98 Å². The van der Waals surface area contributed by atoms with Crippen LogP contribution in [0.15, 0.2) is 41.1 Å². The van der Waals surface area contributed by atoms with Gasteiger partial charge >= 0.3 is 0 Å². The number of halogens is 1. The van der Waals surface area contributed by atoms with Gasteiger partial charge in [0.15, 0.2) is 0 Å². The van der Waals surface area contributed by atoms with Crippen molar-refractivity contribution < 1.29 is 0 Å². The second-order valence-electron chi connectivity index (χ2n) is 5.87. The minimum atomic E-state index is 0.243. The lowest BCUT2D eigenvalue weighted by atomic mass is 9.95. The summed E-state index contributed by atoms with van der Waals surface area (Å²) in [6.07, 6.45) is 10.6. The number of rotatable bonds is 4. The van der Waals surface area contributed by atoms with Crippen LogP contribution in [0.1, 0.15) is 56.7 Å². The van der Waals surface area contributed by atoms with E-state index in [2.05, 4.69) is 68.2 Å². The third-order valence-electron chi connectivity index (χ3n) is 4.33. The van der Waals surface area contributed by atoms with Gasteiger partial charge in [0.2, 0.25) is 5.95 Å². The average Bonchev–Trinajstić information content (AvgIpc) is 2.96. The van der Waals surface area contributed by atoms with E-state index in [9.17, 15) is 0 Å². The Kier molecular flexibility index (Phi) is 4.63. The maximum Gasteiger partial charge on any atom is 0.203 e. The number of benzene rings is 1. The molecule has 1 aromatic carbocycles. The van der Waals surface area contributed by atoms with Crippen molar-refractivity contribution in [1.82, 2.24) is 9.55 Å². The summed E-state index contributed by atoms with van der Waals surface area (Å²) in [5, 5.41) is 3.56. The van der Waals surface area contributed by atoms with Crippen LogP contribution in [0.25, 0.3) is 0 Å². The van der Waals surface area contributed by atoms with Gasteiger partial charge < -0.3 is 9.88 Å². The second-order valence-corrected chi connectivity index (χ2v) is 6.79. The van der Waals surface area contributed by atoms with Crippen molar-refractivity contribution in [1.29, 1.82) is 0 Å². The zero-order valence-corrected chi connectivity index (χ0v) is 14.0. The molecule has 1 aromatic heterocycles. The molecular weight excluding hydrogens is 326 g/mol. The molecule has 1 fully saturated rings. The molecule has 0 radical (unpaired) electrons. The van der Waals surface area contributed by atoms with Crippen LogP contribution in [-0.2, 0) is 0 Å². The number of aromatic nitrogens is 2. The number of hydrogen-bond acceptors (Lipinski definition) is 2. The Labute approximate surface area is 134 Å². The van der Waals surface area contributed by atoms with Crippen LogP contribution in [0.4, 0.5) is 5.95 Å². The van der Waals surface area contributed by atoms with E-state index in [-0.39, 0.29) is 6.04 Å². The molecule has 0 saturated heterocycles. The smallest absolute Gasteiger partial charge is 0.203 e. The standard InChI is InChI=1S/C17H22BrN3/c1-13(14-6-5-7-15(18)12-14)20-17-19-10-11-21(17)16-8-3-2-4-9-16/h5-7,10-13,16H,2-4,8-9H2,1H3,(H,19,20). The highest BCUT2D eigenvalue weighted by Gasteiger charge is 2.18. The molecule has 0 spiro atoms. The Morgan fingerprint density at radius 2 is 2.10 bits per heavy atom. The van der Waals surface area contributed by atoms with Crippen molar-refractivity contribution in [2.24, 2.45) is 0 Å². The van der Waals surface area contributed by atoms with Crippen LogP contribution >= 0.6 is 15.9 Å². The summed E-state index contributed by atoms with van der Waals surface area (Å²) in [6, 6.07) is 9.29. The minimum Gasteiger partial charge on any atom is -0.349 e. The summed E-state index contributed by atoms with van der Waals surface area (Å²) in [5.41, 5.74) is 1.27. The van der Waals surface area contributed by atoms with Crippen molar-refractivity contribution in [3.63, 3.8) is 0 Å². The fraction of sp³-hybridized carbons (Fsp3) is 0.471. The molecule has 1 N–H and O–H groups in total. The number of hydrogen-bond donors (Lipinski definition) is 1. The lowest BCUT2D eigenvalue weighted by molar-refractivity contribution is 0.355. The van der Waals surface area contributed by atoms with E-state index in [4.69, 9.17) is 0 Å². The monoisotopic (exact) mass is 347 g/mol. The summed E-state index contributed by atoms with van der Waals surface area (Å²) in [4.78, 5) is 4.52. The van der Waals surface area contributed by atoms with E-state index in [1.807, 2.05) is 6.20 Å². The summed E-state index contributed by atoms with van der Waals surface area (Å²) >= 11 is 3.54. The highest BCUT2D eigenvalue weighted by molar-refractivity contribution is 9.10. The van der Waals surface area contributed by atoms with Crippen LogP contribution < -0.4 is 5.32 Å². The highest BCUT2D eigenvalue weighted by atomic mass is 79.9. The summed E-state index contributed by atoms with van der Waals surface area (Å²) < 4.78 is 3.44. The topological polar surface area (TPSA) is 29.9 Å². The third kappa shape index (κ3) is 3.49. The van der Waals surface area contributed by atoms with Gasteiger partial charge in [-0.1, -0.05) is 47.3 Å². The van der Waals surface area contributed by atoms with Gasteiger partial charge in [0.25, 0.3) is 0 Å². The van der Waals surface area contributed by atoms with Gasteiger partial charge in [0, 0.05) is 22.9 Å². The van der Waals surface area contributed by atoms with E-state index in [1.165, 1.54) is 37.7 Å². The molecule has 21 heavy (non-hydrogen) atoms. The van der Waals surface area contributed by atoms with E-state index in [0.29, 0.717) is 6.04 Å². The third-order valence-corrected chi connectivity index (χ3v) is 4.82. The van der Waals surface area contributed by atoms with Crippen molar-refractivity contribution in [3.8, 4) is 0 Å². The van der Waals surface area contributed by atoms with Crippen LogP contribution in [0.2, 0.25) is 0 Å². The summed E-state index contributed by atoms with van der Waals surface area (Å²) in [5.74, 6) is 0.995. The van der Waals surface area contributed by atoms with Gasteiger partial charge in [-0.15, -0.1) is 0 Å². The zero-order chi connectivity index (χ0) is 14.7. The number of anilines is 1. The average molecular weight is 348 g/mol. The molecule has 1 saturated carbocycles. The van der Waals surface area contributed by atoms with Gasteiger partial charge in [-0.2, -0.15) is 0 Å².